The highest BCUT2D eigenvalue weighted by atomic mass is 32.1. The number of carbonyl (C=O) groups is 1. The molecule has 0 spiro atoms. The van der Waals surface area contributed by atoms with Crippen molar-refractivity contribution in [3.8, 4) is 11.3 Å². The van der Waals surface area contributed by atoms with Crippen LogP contribution < -0.4 is 10.2 Å². The van der Waals surface area contributed by atoms with Crippen molar-refractivity contribution < 1.29 is 9.53 Å². The first-order valence-corrected chi connectivity index (χ1v) is 11.6. The Morgan fingerprint density at radius 2 is 1.81 bits per heavy atom. The van der Waals surface area contributed by atoms with Crippen LogP contribution in [0.1, 0.15) is 23.2 Å². The Balaban J connectivity index is 1.48. The molecule has 0 radical (unpaired) electrons. The highest BCUT2D eigenvalue weighted by molar-refractivity contribution is 7.26. The lowest BCUT2D eigenvalue weighted by Gasteiger charge is -2.29. The molecule has 31 heavy (non-hydrogen) atoms. The zero-order chi connectivity index (χ0) is 20.8. The molecule has 4 aromatic rings. The summed E-state index contributed by atoms with van der Waals surface area (Å²) in [5.41, 5.74) is 2.67. The third-order valence-corrected chi connectivity index (χ3v) is 7.24. The smallest absolute Gasteiger partial charge is 0.255 e. The van der Waals surface area contributed by atoms with E-state index in [1.807, 2.05) is 12.1 Å². The van der Waals surface area contributed by atoms with Gasteiger partial charge in [-0.1, -0.05) is 36.4 Å². The van der Waals surface area contributed by atoms with Crippen molar-refractivity contribution in [1.82, 2.24) is 10.3 Å². The fourth-order valence-corrected chi connectivity index (χ4v) is 5.46. The van der Waals surface area contributed by atoms with E-state index >= 15 is 0 Å². The molecular formula is C25H23N3O2S. The quantitative estimate of drug-likeness (QED) is 0.504. The number of benzene rings is 2. The molecule has 2 aliphatic rings. The number of amides is 1. The number of ether oxygens (including phenoxy) is 1. The average Bonchev–Trinajstić information content (AvgIpc) is 3.55. The van der Waals surface area contributed by atoms with Crippen LogP contribution in [0.2, 0.25) is 0 Å². The van der Waals surface area contributed by atoms with Crippen LogP contribution in [-0.2, 0) is 4.74 Å². The molecule has 0 unspecified atom stereocenters. The maximum atomic E-state index is 12.9. The second-order valence-corrected chi connectivity index (χ2v) is 9.25. The molecule has 1 saturated carbocycles. The van der Waals surface area contributed by atoms with Crippen molar-refractivity contribution >= 4 is 43.2 Å². The SMILES string of the molecule is O=C(NC1CC1)c1ccc(-c2cccc3c2sc2ccccc23)nc1N1CCOCC1. The molecule has 1 N–H and O–H groups in total. The number of thiophene rings is 1. The monoisotopic (exact) mass is 429 g/mol. The van der Waals surface area contributed by atoms with Crippen molar-refractivity contribution in [2.24, 2.45) is 0 Å². The van der Waals surface area contributed by atoms with Crippen molar-refractivity contribution in [3.05, 3.63) is 60.2 Å². The predicted octanol–water partition coefficient (Wildman–Crippen LogP) is 4.85. The largest absolute Gasteiger partial charge is 0.378 e. The van der Waals surface area contributed by atoms with Crippen molar-refractivity contribution in [2.45, 2.75) is 18.9 Å². The number of hydrogen-bond donors (Lipinski definition) is 1. The molecule has 6 rings (SSSR count). The van der Waals surface area contributed by atoms with Gasteiger partial charge >= 0.3 is 0 Å². The van der Waals surface area contributed by atoms with Gasteiger partial charge in [0, 0.05) is 44.9 Å². The van der Waals surface area contributed by atoms with E-state index in [4.69, 9.17) is 9.72 Å². The summed E-state index contributed by atoms with van der Waals surface area (Å²) in [5.74, 6) is 0.736. The van der Waals surface area contributed by atoms with Crippen LogP contribution in [0, 0.1) is 0 Å². The fraction of sp³-hybridized carbons (Fsp3) is 0.280. The molecule has 1 amide bonds. The van der Waals surface area contributed by atoms with E-state index in [1.54, 1.807) is 11.3 Å². The summed E-state index contributed by atoms with van der Waals surface area (Å²) < 4.78 is 8.05. The Morgan fingerprint density at radius 3 is 2.65 bits per heavy atom. The number of hydrogen-bond acceptors (Lipinski definition) is 5. The molecule has 0 bridgehead atoms. The molecule has 1 aliphatic carbocycles. The van der Waals surface area contributed by atoms with Gasteiger partial charge in [-0.2, -0.15) is 0 Å². The minimum atomic E-state index is -0.0249. The van der Waals surface area contributed by atoms with Gasteiger partial charge in [-0.25, -0.2) is 4.98 Å². The first kappa shape index (κ1) is 18.8. The van der Waals surface area contributed by atoms with Crippen LogP contribution in [0.4, 0.5) is 5.82 Å². The summed E-state index contributed by atoms with van der Waals surface area (Å²) in [6, 6.07) is 19.2. The van der Waals surface area contributed by atoms with E-state index < -0.39 is 0 Å². The Morgan fingerprint density at radius 1 is 1.00 bits per heavy atom. The van der Waals surface area contributed by atoms with Crippen molar-refractivity contribution in [1.29, 1.82) is 0 Å². The van der Waals surface area contributed by atoms with Crippen LogP contribution in [-0.4, -0.2) is 43.2 Å². The molecule has 6 heteroatoms. The number of carbonyl (C=O) groups excluding carboxylic acids is 1. The molecule has 3 heterocycles. The van der Waals surface area contributed by atoms with Crippen LogP contribution in [0.5, 0.6) is 0 Å². The van der Waals surface area contributed by atoms with E-state index in [0.29, 0.717) is 24.8 Å². The molecule has 1 aliphatic heterocycles. The third kappa shape index (κ3) is 3.46. The second kappa shape index (κ2) is 7.62. The summed E-state index contributed by atoms with van der Waals surface area (Å²) in [5, 5.41) is 5.65. The van der Waals surface area contributed by atoms with Gasteiger partial charge in [0.15, 0.2) is 0 Å². The van der Waals surface area contributed by atoms with E-state index in [-0.39, 0.29) is 5.91 Å². The summed E-state index contributed by atoms with van der Waals surface area (Å²) in [6.45, 7) is 2.80. The van der Waals surface area contributed by atoms with Gasteiger partial charge in [0.2, 0.25) is 0 Å². The van der Waals surface area contributed by atoms with E-state index in [2.05, 4.69) is 52.7 Å². The molecular weight excluding hydrogens is 406 g/mol. The Kier molecular flexibility index (Phi) is 4.62. The van der Waals surface area contributed by atoms with Gasteiger partial charge < -0.3 is 15.0 Å². The van der Waals surface area contributed by atoms with Gasteiger partial charge in [-0.3, -0.25) is 4.79 Å². The van der Waals surface area contributed by atoms with Crippen molar-refractivity contribution in [3.63, 3.8) is 0 Å². The van der Waals surface area contributed by atoms with Crippen molar-refractivity contribution in [2.75, 3.05) is 31.2 Å². The predicted molar refractivity (Wildman–Crippen MR) is 126 cm³/mol. The van der Waals surface area contributed by atoms with E-state index in [9.17, 15) is 4.79 Å². The Bertz CT molecular complexity index is 1290. The van der Waals surface area contributed by atoms with Crippen LogP contribution >= 0.6 is 11.3 Å². The summed E-state index contributed by atoms with van der Waals surface area (Å²) in [6.07, 6.45) is 2.14. The first-order chi connectivity index (χ1) is 15.3. The number of nitrogens with one attached hydrogen (secondary N) is 1. The number of anilines is 1. The average molecular weight is 430 g/mol. The number of nitrogens with zero attached hydrogens (tertiary/aromatic N) is 2. The number of rotatable bonds is 4. The number of fused-ring (bicyclic) bond motifs is 3. The topological polar surface area (TPSA) is 54.5 Å². The number of aromatic nitrogens is 1. The molecule has 0 atom stereocenters. The lowest BCUT2D eigenvalue weighted by atomic mass is 10.1. The normalized spacial score (nSPS) is 16.7. The van der Waals surface area contributed by atoms with Crippen LogP contribution in [0.15, 0.2) is 54.6 Å². The standard InChI is InChI=1S/C25H23N3O2S/c29-25(26-16-8-9-16)20-10-11-21(27-24(20)28-12-14-30-15-13-28)19-6-3-5-18-17-4-1-2-7-22(17)31-23(18)19/h1-7,10-11,16H,8-9,12-15H2,(H,26,29). The van der Waals surface area contributed by atoms with Gasteiger partial charge in [-0.15, -0.1) is 11.3 Å². The summed E-state index contributed by atoms with van der Waals surface area (Å²) >= 11 is 1.80. The molecule has 5 nitrogen and oxygen atoms in total. The van der Waals surface area contributed by atoms with Gasteiger partial charge in [-0.05, 0) is 31.0 Å². The minimum absolute atomic E-state index is 0.0249. The fourth-order valence-electron chi connectivity index (χ4n) is 4.23. The summed E-state index contributed by atoms with van der Waals surface area (Å²) in [4.78, 5) is 20.2. The van der Waals surface area contributed by atoms with E-state index in [0.717, 1.165) is 43.0 Å². The zero-order valence-corrected chi connectivity index (χ0v) is 18.0. The Hall–Kier alpha value is -2.96. The Labute approximate surface area is 184 Å². The van der Waals surface area contributed by atoms with Gasteiger partial charge in [0.05, 0.1) is 24.5 Å². The maximum absolute atomic E-state index is 12.9. The zero-order valence-electron chi connectivity index (χ0n) is 17.1. The first-order valence-electron chi connectivity index (χ1n) is 10.8. The molecule has 156 valence electrons. The molecule has 1 saturated heterocycles. The highest BCUT2D eigenvalue weighted by Gasteiger charge is 2.27. The number of morpholine rings is 1. The van der Waals surface area contributed by atoms with Gasteiger partial charge in [0.25, 0.3) is 5.91 Å². The maximum Gasteiger partial charge on any atom is 0.255 e. The van der Waals surface area contributed by atoms with Crippen LogP contribution in [0.25, 0.3) is 31.4 Å². The molecule has 2 fully saturated rings. The van der Waals surface area contributed by atoms with Gasteiger partial charge in [0.1, 0.15) is 5.82 Å². The highest BCUT2D eigenvalue weighted by Crippen LogP contribution is 2.40. The lowest BCUT2D eigenvalue weighted by molar-refractivity contribution is 0.0949. The lowest BCUT2D eigenvalue weighted by Crippen LogP contribution is -2.38. The van der Waals surface area contributed by atoms with E-state index in [1.165, 1.54) is 20.2 Å². The molecule has 2 aromatic heterocycles. The summed E-state index contributed by atoms with van der Waals surface area (Å²) in [7, 11) is 0. The van der Waals surface area contributed by atoms with Crippen LogP contribution in [0.3, 0.4) is 0 Å². The third-order valence-electron chi connectivity index (χ3n) is 6.02. The minimum Gasteiger partial charge on any atom is -0.378 e. The second-order valence-electron chi connectivity index (χ2n) is 8.20. The number of pyridine rings is 1. The molecule has 2 aromatic carbocycles.